The number of likely N-dealkylation sites (tertiary alicyclic amines) is 1. The van der Waals surface area contributed by atoms with E-state index in [1.54, 1.807) is 0 Å². The average molecular weight is 320 g/mol. The summed E-state index contributed by atoms with van der Waals surface area (Å²) in [5.74, 6) is 1.87. The van der Waals surface area contributed by atoms with Gasteiger partial charge in [0.05, 0.1) is 5.02 Å². The number of halogens is 1. The number of rotatable bonds is 7. The van der Waals surface area contributed by atoms with Crippen LogP contribution in [-0.4, -0.2) is 34.1 Å². The van der Waals surface area contributed by atoms with Crippen LogP contribution in [-0.2, 0) is 13.0 Å². The summed E-state index contributed by atoms with van der Waals surface area (Å²) >= 11 is 6.11. The predicted molar refractivity (Wildman–Crippen MR) is 88.3 cm³/mol. The van der Waals surface area contributed by atoms with Gasteiger partial charge in [0.15, 0.2) is 0 Å². The van der Waals surface area contributed by atoms with Crippen LogP contribution in [0.5, 0.6) is 5.75 Å². The molecule has 0 atom stereocenters. The molecule has 5 heteroatoms. The maximum absolute atomic E-state index is 6.11. The van der Waals surface area contributed by atoms with Crippen LogP contribution in [0, 0.1) is 0 Å². The summed E-state index contributed by atoms with van der Waals surface area (Å²) in [4.78, 5) is 10.2. The van der Waals surface area contributed by atoms with Gasteiger partial charge in [0.1, 0.15) is 17.7 Å². The Morgan fingerprint density at radius 1 is 1.36 bits per heavy atom. The summed E-state index contributed by atoms with van der Waals surface area (Å²) in [6, 6.07) is 7.63. The fraction of sp³-hybridized carbons (Fsp3) is 0.471. The fourth-order valence-corrected chi connectivity index (χ4v) is 2.82. The monoisotopic (exact) mass is 319 g/mol. The summed E-state index contributed by atoms with van der Waals surface area (Å²) in [6.45, 7) is 4.95. The number of hydrogen-bond donors (Lipinski definition) is 1. The SMILES string of the molecule is CCCCc1ncc(CN2CC(Oc3ccccc3Cl)C2)[nH]1. The molecule has 22 heavy (non-hydrogen) atoms. The quantitative estimate of drug-likeness (QED) is 0.846. The minimum Gasteiger partial charge on any atom is -0.486 e. The summed E-state index contributed by atoms with van der Waals surface area (Å²) < 4.78 is 5.91. The summed E-state index contributed by atoms with van der Waals surface area (Å²) in [6.07, 6.45) is 5.60. The van der Waals surface area contributed by atoms with E-state index in [4.69, 9.17) is 16.3 Å². The number of H-pyrrole nitrogens is 1. The molecular weight excluding hydrogens is 298 g/mol. The number of benzene rings is 1. The number of para-hydroxylation sites is 1. The molecule has 0 amide bonds. The molecule has 0 aliphatic carbocycles. The molecule has 1 fully saturated rings. The van der Waals surface area contributed by atoms with Crippen LogP contribution < -0.4 is 4.74 Å². The van der Waals surface area contributed by atoms with Gasteiger partial charge >= 0.3 is 0 Å². The summed E-state index contributed by atoms with van der Waals surface area (Å²) in [5, 5.41) is 0.676. The zero-order chi connectivity index (χ0) is 15.4. The van der Waals surface area contributed by atoms with Gasteiger partial charge in [-0.05, 0) is 18.6 Å². The van der Waals surface area contributed by atoms with Crippen molar-refractivity contribution < 1.29 is 4.74 Å². The molecule has 0 spiro atoms. The van der Waals surface area contributed by atoms with Crippen LogP contribution in [0.2, 0.25) is 5.02 Å². The van der Waals surface area contributed by atoms with E-state index >= 15 is 0 Å². The zero-order valence-electron chi connectivity index (χ0n) is 12.9. The Balaban J connectivity index is 1.44. The molecule has 0 radical (unpaired) electrons. The third kappa shape index (κ3) is 3.81. The average Bonchev–Trinajstić information content (AvgIpc) is 2.92. The molecule has 0 unspecified atom stereocenters. The second-order valence-corrected chi connectivity index (χ2v) is 6.23. The second-order valence-electron chi connectivity index (χ2n) is 5.82. The Bertz CT molecular complexity index is 607. The van der Waals surface area contributed by atoms with Crippen molar-refractivity contribution in [3.8, 4) is 5.75 Å². The highest BCUT2D eigenvalue weighted by Gasteiger charge is 2.29. The maximum Gasteiger partial charge on any atom is 0.138 e. The number of hydrogen-bond acceptors (Lipinski definition) is 3. The molecule has 2 aromatic rings. The lowest BCUT2D eigenvalue weighted by molar-refractivity contribution is 0.0139. The van der Waals surface area contributed by atoms with Gasteiger partial charge in [0.25, 0.3) is 0 Å². The van der Waals surface area contributed by atoms with Crippen molar-refractivity contribution >= 4 is 11.6 Å². The number of aromatic nitrogens is 2. The van der Waals surface area contributed by atoms with Crippen LogP contribution in [0.4, 0.5) is 0 Å². The lowest BCUT2D eigenvalue weighted by atomic mass is 10.1. The van der Waals surface area contributed by atoms with Crippen LogP contribution in [0.25, 0.3) is 0 Å². The fourth-order valence-electron chi connectivity index (χ4n) is 2.64. The van der Waals surface area contributed by atoms with E-state index in [-0.39, 0.29) is 6.10 Å². The van der Waals surface area contributed by atoms with Crippen molar-refractivity contribution in [3.63, 3.8) is 0 Å². The Labute approximate surface area is 136 Å². The lowest BCUT2D eigenvalue weighted by Crippen LogP contribution is -2.53. The van der Waals surface area contributed by atoms with Gasteiger partial charge in [-0.1, -0.05) is 37.1 Å². The molecule has 2 heterocycles. The highest BCUT2D eigenvalue weighted by atomic mass is 35.5. The molecule has 1 N–H and O–H groups in total. The summed E-state index contributed by atoms with van der Waals surface area (Å²) in [5.41, 5.74) is 1.18. The Morgan fingerprint density at radius 2 is 2.18 bits per heavy atom. The largest absolute Gasteiger partial charge is 0.486 e. The molecule has 1 aliphatic rings. The van der Waals surface area contributed by atoms with Crippen LogP contribution in [0.15, 0.2) is 30.5 Å². The van der Waals surface area contributed by atoms with Crippen molar-refractivity contribution in [1.82, 2.24) is 14.9 Å². The predicted octanol–water partition coefficient (Wildman–Crippen LogP) is 3.67. The van der Waals surface area contributed by atoms with Gasteiger partial charge < -0.3 is 9.72 Å². The van der Waals surface area contributed by atoms with Crippen LogP contribution in [0.1, 0.15) is 31.3 Å². The van der Waals surface area contributed by atoms with Gasteiger partial charge in [0.2, 0.25) is 0 Å². The number of nitrogens with one attached hydrogen (secondary N) is 1. The highest BCUT2D eigenvalue weighted by molar-refractivity contribution is 6.32. The van der Waals surface area contributed by atoms with Crippen molar-refractivity contribution in [1.29, 1.82) is 0 Å². The van der Waals surface area contributed by atoms with Gasteiger partial charge in [-0.2, -0.15) is 0 Å². The van der Waals surface area contributed by atoms with Crippen molar-refractivity contribution in [3.05, 3.63) is 47.0 Å². The first kappa shape index (κ1) is 15.4. The number of aromatic amines is 1. The Morgan fingerprint density at radius 3 is 2.95 bits per heavy atom. The van der Waals surface area contributed by atoms with Crippen molar-refractivity contribution in [2.45, 2.75) is 38.8 Å². The second kappa shape index (κ2) is 7.16. The standard InChI is InChI=1S/C17H22ClN3O/c1-2-3-8-17-19-9-13(20-17)10-21-11-14(12-21)22-16-7-5-4-6-15(16)18/h4-7,9,14H,2-3,8,10-12H2,1H3,(H,19,20). The maximum atomic E-state index is 6.11. The molecule has 0 saturated carbocycles. The minimum atomic E-state index is 0.224. The molecule has 0 bridgehead atoms. The highest BCUT2D eigenvalue weighted by Crippen LogP contribution is 2.26. The molecule has 118 valence electrons. The normalized spacial score (nSPS) is 15.7. The third-order valence-corrected chi connectivity index (χ3v) is 4.21. The lowest BCUT2D eigenvalue weighted by Gasteiger charge is -2.38. The first-order valence-electron chi connectivity index (χ1n) is 7.91. The first-order valence-corrected chi connectivity index (χ1v) is 8.28. The molecule has 3 rings (SSSR count). The first-order chi connectivity index (χ1) is 10.7. The Hall–Kier alpha value is -1.52. The van der Waals surface area contributed by atoms with Gasteiger partial charge in [-0.3, -0.25) is 4.90 Å². The van der Waals surface area contributed by atoms with Gasteiger partial charge in [-0.15, -0.1) is 0 Å². The number of ether oxygens (including phenoxy) is 1. The van der Waals surface area contributed by atoms with Gasteiger partial charge in [0, 0.05) is 37.9 Å². The topological polar surface area (TPSA) is 41.2 Å². The number of unbranched alkanes of at least 4 members (excludes halogenated alkanes) is 1. The van der Waals surface area contributed by atoms with E-state index in [0.717, 1.165) is 37.6 Å². The van der Waals surface area contributed by atoms with E-state index < -0.39 is 0 Å². The number of nitrogens with zero attached hydrogens (tertiary/aromatic N) is 2. The molecule has 1 aliphatic heterocycles. The molecular formula is C17H22ClN3O. The molecule has 4 nitrogen and oxygen atoms in total. The van der Waals surface area contributed by atoms with E-state index in [1.807, 2.05) is 30.5 Å². The van der Waals surface area contributed by atoms with E-state index in [1.165, 1.54) is 18.5 Å². The minimum absolute atomic E-state index is 0.224. The number of imidazole rings is 1. The number of aryl methyl sites for hydroxylation is 1. The molecule has 1 aromatic carbocycles. The molecule has 1 saturated heterocycles. The van der Waals surface area contributed by atoms with E-state index in [9.17, 15) is 0 Å². The van der Waals surface area contributed by atoms with E-state index in [0.29, 0.717) is 5.02 Å². The van der Waals surface area contributed by atoms with Crippen molar-refractivity contribution in [2.75, 3.05) is 13.1 Å². The van der Waals surface area contributed by atoms with Crippen LogP contribution >= 0.6 is 11.6 Å². The van der Waals surface area contributed by atoms with Crippen molar-refractivity contribution in [2.24, 2.45) is 0 Å². The Kier molecular flexibility index (Phi) is 5.01. The zero-order valence-corrected chi connectivity index (χ0v) is 13.6. The molecule has 1 aromatic heterocycles. The van der Waals surface area contributed by atoms with Gasteiger partial charge in [-0.25, -0.2) is 4.98 Å². The van der Waals surface area contributed by atoms with E-state index in [2.05, 4.69) is 21.8 Å². The van der Waals surface area contributed by atoms with Crippen LogP contribution in [0.3, 0.4) is 0 Å². The third-order valence-electron chi connectivity index (χ3n) is 3.90. The summed E-state index contributed by atoms with van der Waals surface area (Å²) in [7, 11) is 0. The smallest absolute Gasteiger partial charge is 0.138 e.